The Hall–Kier alpha value is -1.70. The summed E-state index contributed by atoms with van der Waals surface area (Å²) in [7, 11) is -3.33. The van der Waals surface area contributed by atoms with Gasteiger partial charge in [0.2, 0.25) is 0 Å². The Kier molecular flexibility index (Phi) is 4.41. The molecule has 0 heterocycles. The molecule has 3 aliphatic carbocycles. The summed E-state index contributed by atoms with van der Waals surface area (Å²) in [5.41, 5.74) is 12.8. The molecule has 2 amide bonds. The molecule has 0 fully saturated rings. The normalized spacial score (nSPS) is 24.0. The zero-order valence-corrected chi connectivity index (χ0v) is 15.9. The van der Waals surface area contributed by atoms with Gasteiger partial charge < -0.3 is 11.1 Å². The average Bonchev–Trinajstić information content (AvgIpc) is 3.21. The largest absolute Gasteiger partial charge is 0.354 e. The number of fused-ring (bicyclic) bond motifs is 2. The van der Waals surface area contributed by atoms with Crippen molar-refractivity contribution in [2.75, 3.05) is 5.32 Å². The lowest BCUT2D eigenvalue weighted by molar-refractivity contribution is 0.260. The molecule has 0 radical (unpaired) electrons. The third-order valence-corrected chi connectivity index (χ3v) is 7.35. The summed E-state index contributed by atoms with van der Waals surface area (Å²) in [6.07, 6.45) is 9.03. The number of anilines is 1. The monoisotopic (exact) mass is 374 g/mol. The van der Waals surface area contributed by atoms with Crippen LogP contribution in [0.4, 0.5) is 10.5 Å². The van der Waals surface area contributed by atoms with Gasteiger partial charge in [0, 0.05) is 5.69 Å². The molecule has 0 spiro atoms. The first kappa shape index (κ1) is 17.7. The van der Waals surface area contributed by atoms with Crippen molar-refractivity contribution in [3.63, 3.8) is 0 Å². The number of rotatable bonds is 3. The van der Waals surface area contributed by atoms with Crippen molar-refractivity contribution in [2.45, 2.75) is 57.2 Å². The highest BCUT2D eigenvalue weighted by molar-refractivity contribution is 7.92. The number of aryl methyl sites for hydroxylation is 2. The number of carbonyl (C=O) groups excluding carboxylic acids is 1. The van der Waals surface area contributed by atoms with Crippen LogP contribution in [0.1, 0.15) is 48.4 Å². The Morgan fingerprint density at radius 1 is 1.23 bits per heavy atom. The minimum Gasteiger partial charge on any atom is -0.312 e. The predicted molar refractivity (Wildman–Crippen MR) is 104 cm³/mol. The minimum atomic E-state index is -3.33. The second kappa shape index (κ2) is 6.48. The van der Waals surface area contributed by atoms with Gasteiger partial charge >= 0.3 is 6.03 Å². The van der Waals surface area contributed by atoms with Gasteiger partial charge in [-0.1, -0.05) is 19.1 Å². The molecule has 6 nitrogen and oxygen atoms in total. The van der Waals surface area contributed by atoms with Crippen molar-refractivity contribution >= 4 is 21.6 Å². The van der Waals surface area contributed by atoms with Crippen LogP contribution in [-0.2, 0) is 35.6 Å². The lowest BCUT2D eigenvalue weighted by Crippen LogP contribution is -2.42. The summed E-state index contributed by atoms with van der Waals surface area (Å²) < 4.78 is 16.5. The van der Waals surface area contributed by atoms with Gasteiger partial charge in [-0.2, -0.15) is 0 Å². The Bertz CT molecular complexity index is 896. The maximum absolute atomic E-state index is 12.7. The van der Waals surface area contributed by atoms with Crippen LogP contribution in [0.15, 0.2) is 22.1 Å². The van der Waals surface area contributed by atoms with E-state index >= 15 is 0 Å². The van der Waals surface area contributed by atoms with Crippen LogP contribution in [0, 0.1) is 5.92 Å². The lowest BCUT2D eigenvalue weighted by Gasteiger charge is -2.28. The number of urea groups is 1. The summed E-state index contributed by atoms with van der Waals surface area (Å²) >= 11 is 0. The first-order valence-corrected chi connectivity index (χ1v) is 11.0. The predicted octanol–water partition coefficient (Wildman–Crippen LogP) is 2.79. The van der Waals surface area contributed by atoms with Crippen molar-refractivity contribution in [3.05, 3.63) is 40.0 Å². The zero-order chi connectivity index (χ0) is 18.5. The van der Waals surface area contributed by atoms with Crippen molar-refractivity contribution in [3.8, 4) is 0 Å². The number of nitrogens with one attached hydrogen (secondary N) is 1. The first-order valence-electron chi connectivity index (χ1n) is 9.33. The van der Waals surface area contributed by atoms with E-state index in [0.717, 1.165) is 56.2 Å². The highest BCUT2D eigenvalue weighted by Crippen LogP contribution is 2.38. The smallest absolute Gasteiger partial charge is 0.312 e. The number of amides is 2. The van der Waals surface area contributed by atoms with Gasteiger partial charge in [0.25, 0.3) is 0 Å². The third kappa shape index (κ3) is 2.98. The zero-order valence-electron chi connectivity index (χ0n) is 15.1. The summed E-state index contributed by atoms with van der Waals surface area (Å²) in [5.74, 6) is 0.244. The SMILES string of the molecule is C[C@H]1CC=C1C(N)S(N)(=O)=NC(=O)Nc1c2c(cc3c1CCC3)CCC2. The van der Waals surface area contributed by atoms with E-state index in [4.69, 9.17) is 10.9 Å². The number of carbonyl (C=O) groups is 1. The van der Waals surface area contributed by atoms with Gasteiger partial charge in [0.1, 0.15) is 15.3 Å². The molecule has 0 bridgehead atoms. The first-order chi connectivity index (χ1) is 12.4. The molecule has 3 atom stereocenters. The lowest BCUT2D eigenvalue weighted by atomic mass is 9.86. The molecule has 0 aliphatic heterocycles. The second-order valence-corrected chi connectivity index (χ2v) is 9.55. The van der Waals surface area contributed by atoms with Crippen molar-refractivity contribution in [1.29, 1.82) is 0 Å². The van der Waals surface area contributed by atoms with Crippen molar-refractivity contribution in [2.24, 2.45) is 21.2 Å². The van der Waals surface area contributed by atoms with Gasteiger partial charge in [0.15, 0.2) is 0 Å². The van der Waals surface area contributed by atoms with Crippen LogP contribution < -0.4 is 16.2 Å². The fraction of sp³-hybridized carbons (Fsp3) is 0.526. The van der Waals surface area contributed by atoms with Crippen molar-refractivity contribution < 1.29 is 9.00 Å². The molecule has 7 heteroatoms. The standard InChI is InChI=1S/C19H26N4O2S/c1-11-8-9-14(11)18(20)26(21,25)23-19(24)22-17-15-6-2-4-12(15)10-13-5-3-7-16(13)17/h9-11,18H,2-8,20H2,1H3,(H3,21,22,23,24,25)/t11-,18?,26?/m0/s1. The maximum Gasteiger partial charge on any atom is 0.354 e. The fourth-order valence-electron chi connectivity index (χ4n) is 4.36. The molecule has 3 aliphatic rings. The Morgan fingerprint density at radius 3 is 2.35 bits per heavy atom. The fourth-order valence-corrected chi connectivity index (χ4v) is 5.50. The average molecular weight is 375 g/mol. The topological polar surface area (TPSA) is 111 Å². The molecule has 140 valence electrons. The second-order valence-electron chi connectivity index (χ2n) is 7.63. The molecule has 4 rings (SSSR count). The summed E-state index contributed by atoms with van der Waals surface area (Å²) in [6.45, 7) is 2.00. The molecule has 0 aromatic heterocycles. The van der Waals surface area contributed by atoms with Crippen LogP contribution in [0.25, 0.3) is 0 Å². The number of benzene rings is 1. The molecule has 1 aromatic carbocycles. The number of allylic oxidation sites excluding steroid dienone is 1. The highest BCUT2D eigenvalue weighted by atomic mass is 32.2. The van der Waals surface area contributed by atoms with Gasteiger partial charge in [0.05, 0.1) is 0 Å². The van der Waals surface area contributed by atoms with Crippen LogP contribution in [0.5, 0.6) is 0 Å². The van der Waals surface area contributed by atoms with Gasteiger partial charge in [-0.05, 0) is 78.7 Å². The highest BCUT2D eigenvalue weighted by Gasteiger charge is 2.30. The molecule has 26 heavy (non-hydrogen) atoms. The van der Waals surface area contributed by atoms with E-state index in [1.54, 1.807) is 0 Å². The van der Waals surface area contributed by atoms with Crippen LogP contribution >= 0.6 is 0 Å². The number of hydrogen-bond acceptors (Lipinski definition) is 3. The molecule has 5 N–H and O–H groups in total. The van der Waals surface area contributed by atoms with Crippen LogP contribution in [-0.4, -0.2) is 15.6 Å². The molecule has 1 aromatic rings. The van der Waals surface area contributed by atoms with E-state index in [0.29, 0.717) is 0 Å². The molecular weight excluding hydrogens is 348 g/mol. The van der Waals surface area contributed by atoms with E-state index in [2.05, 4.69) is 15.7 Å². The third-order valence-electron chi connectivity index (χ3n) is 5.90. The van der Waals surface area contributed by atoms with Gasteiger partial charge in [-0.25, -0.2) is 14.1 Å². The van der Waals surface area contributed by atoms with Crippen LogP contribution in [0.2, 0.25) is 0 Å². The quantitative estimate of drug-likeness (QED) is 0.707. The van der Waals surface area contributed by atoms with Gasteiger partial charge in [-0.15, -0.1) is 4.36 Å². The van der Waals surface area contributed by atoms with E-state index in [-0.39, 0.29) is 5.92 Å². The van der Waals surface area contributed by atoms with E-state index in [9.17, 15) is 9.00 Å². The van der Waals surface area contributed by atoms with Crippen LogP contribution in [0.3, 0.4) is 0 Å². The number of nitrogens with zero attached hydrogens (tertiary/aromatic N) is 1. The van der Waals surface area contributed by atoms with Crippen molar-refractivity contribution in [1.82, 2.24) is 0 Å². The maximum atomic E-state index is 12.7. The Balaban J connectivity index is 1.62. The summed E-state index contributed by atoms with van der Waals surface area (Å²) in [5, 5.41) is 7.85. The summed E-state index contributed by atoms with van der Waals surface area (Å²) in [4.78, 5) is 12.5. The van der Waals surface area contributed by atoms with Gasteiger partial charge in [-0.3, -0.25) is 0 Å². The molecule has 0 saturated heterocycles. The van der Waals surface area contributed by atoms with E-state index in [1.807, 2.05) is 13.0 Å². The Labute approximate surface area is 154 Å². The Morgan fingerprint density at radius 2 is 1.85 bits per heavy atom. The number of hydrogen-bond donors (Lipinski definition) is 3. The van der Waals surface area contributed by atoms with E-state index < -0.39 is 21.3 Å². The molecular formula is C19H26N4O2S. The molecule has 2 unspecified atom stereocenters. The molecule has 0 saturated carbocycles. The number of nitrogens with two attached hydrogens (primary N) is 2. The minimum absolute atomic E-state index is 0.244. The summed E-state index contributed by atoms with van der Waals surface area (Å²) in [6, 6.07) is 1.64. The van der Waals surface area contributed by atoms with E-state index in [1.165, 1.54) is 22.3 Å².